The van der Waals surface area contributed by atoms with Gasteiger partial charge in [-0.05, 0) is 72.6 Å². The number of ether oxygens (including phenoxy) is 1. The zero-order chi connectivity index (χ0) is 24.9. The molecule has 178 valence electrons. The molecule has 0 bridgehead atoms. The lowest BCUT2D eigenvalue weighted by atomic mass is 10.0. The van der Waals surface area contributed by atoms with Gasteiger partial charge in [0.25, 0.3) is 5.91 Å². The molecule has 0 saturated carbocycles. The third-order valence-electron chi connectivity index (χ3n) is 5.34. The van der Waals surface area contributed by atoms with Crippen molar-refractivity contribution in [3.8, 4) is 16.9 Å². The SMILES string of the molecule is Cc1ccc(-c2cc3ccccc3oc2=O)cc1NC(=S)NC(=O)c1cccc(OCC(C)C)c1. The van der Waals surface area contributed by atoms with Crippen LogP contribution in [0.4, 0.5) is 5.69 Å². The van der Waals surface area contributed by atoms with Crippen molar-refractivity contribution in [2.24, 2.45) is 5.92 Å². The summed E-state index contributed by atoms with van der Waals surface area (Å²) in [6, 6.07) is 21.7. The molecular formula is C28H26N2O4S. The highest BCUT2D eigenvalue weighted by Crippen LogP contribution is 2.26. The van der Waals surface area contributed by atoms with E-state index < -0.39 is 5.63 Å². The minimum absolute atomic E-state index is 0.147. The number of thiocarbonyl (C=S) groups is 1. The molecule has 0 aliphatic heterocycles. The predicted octanol–water partition coefficient (Wildman–Crippen LogP) is 5.93. The second kappa shape index (κ2) is 10.5. The molecule has 0 aliphatic carbocycles. The first-order chi connectivity index (χ1) is 16.8. The van der Waals surface area contributed by atoms with Gasteiger partial charge in [-0.1, -0.05) is 50.2 Å². The molecule has 4 aromatic rings. The van der Waals surface area contributed by atoms with Crippen molar-refractivity contribution in [1.82, 2.24) is 5.32 Å². The maximum absolute atomic E-state index is 12.7. The van der Waals surface area contributed by atoms with Crippen LogP contribution in [0.15, 0.2) is 82.0 Å². The molecule has 35 heavy (non-hydrogen) atoms. The van der Waals surface area contributed by atoms with Crippen molar-refractivity contribution in [2.45, 2.75) is 20.8 Å². The molecule has 0 fully saturated rings. The van der Waals surface area contributed by atoms with Crippen LogP contribution in [0.2, 0.25) is 0 Å². The first kappa shape index (κ1) is 24.2. The number of fused-ring (bicyclic) bond motifs is 1. The second-order valence-corrected chi connectivity index (χ2v) is 9.06. The summed E-state index contributed by atoms with van der Waals surface area (Å²) in [6.45, 7) is 6.60. The lowest BCUT2D eigenvalue weighted by molar-refractivity contribution is 0.0977. The number of hydrogen-bond donors (Lipinski definition) is 2. The molecule has 2 N–H and O–H groups in total. The molecule has 4 rings (SSSR count). The van der Waals surface area contributed by atoms with Gasteiger partial charge in [-0.2, -0.15) is 0 Å². The van der Waals surface area contributed by atoms with Crippen molar-refractivity contribution in [2.75, 3.05) is 11.9 Å². The van der Waals surface area contributed by atoms with Gasteiger partial charge in [0.15, 0.2) is 5.11 Å². The standard InChI is InChI=1S/C28H26N2O4S/c1-17(2)16-33-22-9-6-8-21(13-22)26(31)30-28(35)29-24-15-19(12-11-18(24)3)23-14-20-7-4-5-10-25(20)34-27(23)32/h4-15,17H,16H2,1-3H3,(H2,29,30,31,35). The van der Waals surface area contributed by atoms with E-state index in [0.29, 0.717) is 46.2 Å². The third kappa shape index (κ3) is 5.94. The van der Waals surface area contributed by atoms with E-state index in [-0.39, 0.29) is 11.0 Å². The van der Waals surface area contributed by atoms with E-state index in [1.165, 1.54) is 0 Å². The van der Waals surface area contributed by atoms with Gasteiger partial charge in [-0.25, -0.2) is 4.79 Å². The van der Waals surface area contributed by atoms with Crippen LogP contribution in [0.3, 0.4) is 0 Å². The van der Waals surface area contributed by atoms with E-state index in [1.807, 2.05) is 55.5 Å². The molecule has 0 aliphatic rings. The maximum atomic E-state index is 12.7. The Morgan fingerprint density at radius 1 is 1.03 bits per heavy atom. The minimum Gasteiger partial charge on any atom is -0.493 e. The number of benzene rings is 3. The van der Waals surface area contributed by atoms with Crippen LogP contribution >= 0.6 is 12.2 Å². The first-order valence-electron chi connectivity index (χ1n) is 11.3. The predicted molar refractivity (Wildman–Crippen MR) is 143 cm³/mol. The van der Waals surface area contributed by atoms with E-state index in [1.54, 1.807) is 24.3 Å². The number of carbonyl (C=O) groups is 1. The Balaban J connectivity index is 1.50. The van der Waals surface area contributed by atoms with Crippen LogP contribution in [-0.4, -0.2) is 17.6 Å². The Kier molecular flexibility index (Phi) is 7.27. The third-order valence-corrected chi connectivity index (χ3v) is 5.55. The summed E-state index contributed by atoms with van der Waals surface area (Å²) >= 11 is 5.38. The van der Waals surface area contributed by atoms with Crippen LogP contribution in [-0.2, 0) is 0 Å². The monoisotopic (exact) mass is 486 g/mol. The number of carbonyl (C=O) groups excluding carboxylic acids is 1. The van der Waals surface area contributed by atoms with Crippen LogP contribution in [0.1, 0.15) is 29.8 Å². The summed E-state index contributed by atoms with van der Waals surface area (Å²) in [7, 11) is 0. The summed E-state index contributed by atoms with van der Waals surface area (Å²) in [6.07, 6.45) is 0. The highest BCUT2D eigenvalue weighted by Gasteiger charge is 2.13. The Bertz CT molecular complexity index is 1460. The fourth-order valence-electron chi connectivity index (χ4n) is 3.51. The first-order valence-corrected chi connectivity index (χ1v) is 11.7. The normalized spacial score (nSPS) is 10.9. The van der Waals surface area contributed by atoms with Gasteiger partial charge < -0.3 is 14.5 Å². The van der Waals surface area contributed by atoms with Crippen molar-refractivity contribution in [1.29, 1.82) is 0 Å². The zero-order valence-electron chi connectivity index (χ0n) is 19.8. The van der Waals surface area contributed by atoms with Gasteiger partial charge >= 0.3 is 5.63 Å². The van der Waals surface area contributed by atoms with Gasteiger partial charge in [0.2, 0.25) is 0 Å². The molecule has 0 saturated heterocycles. The van der Waals surface area contributed by atoms with Gasteiger partial charge in [-0.15, -0.1) is 0 Å². The van der Waals surface area contributed by atoms with Crippen molar-refractivity contribution >= 4 is 39.9 Å². The average Bonchev–Trinajstić information content (AvgIpc) is 2.84. The molecular weight excluding hydrogens is 460 g/mol. The van der Waals surface area contributed by atoms with Gasteiger partial charge in [0.1, 0.15) is 11.3 Å². The van der Waals surface area contributed by atoms with Gasteiger partial charge in [0.05, 0.1) is 12.2 Å². The summed E-state index contributed by atoms with van der Waals surface area (Å²) in [4.78, 5) is 25.3. The fourth-order valence-corrected chi connectivity index (χ4v) is 3.71. The molecule has 1 amide bonds. The van der Waals surface area contributed by atoms with Crippen molar-refractivity contribution < 1.29 is 13.9 Å². The highest BCUT2D eigenvalue weighted by atomic mass is 32.1. The zero-order valence-corrected chi connectivity index (χ0v) is 20.6. The lowest BCUT2D eigenvalue weighted by Gasteiger charge is -2.14. The Morgan fingerprint density at radius 3 is 2.63 bits per heavy atom. The lowest BCUT2D eigenvalue weighted by Crippen LogP contribution is -2.34. The summed E-state index contributed by atoms with van der Waals surface area (Å²) in [5.74, 6) is 0.661. The van der Waals surface area contributed by atoms with Crippen LogP contribution in [0, 0.1) is 12.8 Å². The summed E-state index contributed by atoms with van der Waals surface area (Å²) < 4.78 is 11.2. The molecule has 0 radical (unpaired) electrons. The van der Waals surface area contributed by atoms with Crippen LogP contribution < -0.4 is 21.0 Å². The number of nitrogens with one attached hydrogen (secondary N) is 2. The molecule has 0 unspecified atom stereocenters. The van der Waals surface area contributed by atoms with Gasteiger partial charge in [0, 0.05) is 16.6 Å². The molecule has 1 aromatic heterocycles. The van der Waals surface area contributed by atoms with Crippen LogP contribution in [0.5, 0.6) is 5.75 Å². The number of hydrogen-bond acceptors (Lipinski definition) is 5. The van der Waals surface area contributed by atoms with E-state index in [2.05, 4.69) is 24.5 Å². The summed E-state index contributed by atoms with van der Waals surface area (Å²) in [5.41, 5.74) is 3.26. The number of anilines is 1. The van der Waals surface area contributed by atoms with Gasteiger partial charge in [-0.3, -0.25) is 10.1 Å². The number of aryl methyl sites for hydroxylation is 1. The van der Waals surface area contributed by atoms with Crippen LogP contribution in [0.25, 0.3) is 22.1 Å². The van der Waals surface area contributed by atoms with E-state index in [9.17, 15) is 9.59 Å². The number of amides is 1. The minimum atomic E-state index is -0.422. The maximum Gasteiger partial charge on any atom is 0.344 e. The van der Waals surface area contributed by atoms with E-state index >= 15 is 0 Å². The molecule has 6 nitrogen and oxygen atoms in total. The second-order valence-electron chi connectivity index (χ2n) is 8.66. The highest BCUT2D eigenvalue weighted by molar-refractivity contribution is 7.80. The van der Waals surface area contributed by atoms with Crippen molar-refractivity contribution in [3.05, 3.63) is 94.3 Å². The molecule has 3 aromatic carbocycles. The largest absolute Gasteiger partial charge is 0.493 e. The molecule has 0 spiro atoms. The molecule has 7 heteroatoms. The van der Waals surface area contributed by atoms with Crippen molar-refractivity contribution in [3.63, 3.8) is 0 Å². The quantitative estimate of drug-likeness (QED) is 0.260. The summed E-state index contributed by atoms with van der Waals surface area (Å²) in [5, 5.41) is 6.75. The smallest absolute Gasteiger partial charge is 0.344 e. The Labute approximate surface area is 208 Å². The number of rotatable bonds is 6. The molecule has 1 heterocycles. The van der Waals surface area contributed by atoms with E-state index in [4.69, 9.17) is 21.4 Å². The van der Waals surface area contributed by atoms with E-state index in [0.717, 1.165) is 10.9 Å². The Morgan fingerprint density at radius 2 is 1.83 bits per heavy atom. The fraction of sp³-hybridized carbons (Fsp3) is 0.179. The topological polar surface area (TPSA) is 80.6 Å². The average molecular weight is 487 g/mol. The molecule has 0 atom stereocenters. The Hall–Kier alpha value is -3.97. The number of para-hydroxylation sites is 1.